The maximum absolute atomic E-state index is 13.6. The number of nitriles is 1. The van der Waals surface area contributed by atoms with Gasteiger partial charge < -0.3 is 39.2 Å². The SMILES string of the molecule is CN(C)C(=O)c1cccc(N2CCO[C@H]([C@@H](O)C(=O)Nc3ccc(C#N)c(CN(C(=O)OC(C)(C)C)C(=O)OC(C)(C)C)c3)C2=O)c1OC(F)F. The average Bonchev–Trinajstić information content (AvgIpc) is 3.01. The minimum atomic E-state index is -3.35. The van der Waals surface area contributed by atoms with E-state index in [1.807, 2.05) is 6.07 Å². The van der Waals surface area contributed by atoms with E-state index >= 15 is 0 Å². The summed E-state index contributed by atoms with van der Waals surface area (Å²) in [5, 5.41) is 23.1. The second-order valence-electron chi connectivity index (χ2n) is 13.5. The number of carbonyl (C=O) groups excluding carboxylic acids is 5. The highest BCUT2D eigenvalue weighted by Crippen LogP contribution is 2.36. The van der Waals surface area contributed by atoms with E-state index in [2.05, 4.69) is 10.1 Å². The van der Waals surface area contributed by atoms with Crippen LogP contribution in [0.3, 0.4) is 0 Å². The molecule has 2 aromatic rings. The Morgan fingerprint density at radius 1 is 1.06 bits per heavy atom. The summed E-state index contributed by atoms with van der Waals surface area (Å²) in [6, 6.07) is 9.72. The van der Waals surface area contributed by atoms with Crippen LogP contribution in [0.5, 0.6) is 5.75 Å². The molecule has 1 heterocycles. The van der Waals surface area contributed by atoms with Crippen LogP contribution < -0.4 is 15.0 Å². The molecule has 51 heavy (non-hydrogen) atoms. The summed E-state index contributed by atoms with van der Waals surface area (Å²) in [6.45, 7) is 5.32. The summed E-state index contributed by atoms with van der Waals surface area (Å²) in [6.07, 6.45) is -6.05. The van der Waals surface area contributed by atoms with E-state index in [0.29, 0.717) is 4.90 Å². The van der Waals surface area contributed by atoms with Gasteiger partial charge in [-0.15, -0.1) is 0 Å². The molecule has 1 aliphatic heterocycles. The van der Waals surface area contributed by atoms with Crippen LogP contribution in [-0.4, -0.2) is 102 Å². The number of nitrogens with zero attached hydrogens (tertiary/aromatic N) is 4. The van der Waals surface area contributed by atoms with Crippen LogP contribution in [0.25, 0.3) is 0 Å². The lowest BCUT2D eigenvalue weighted by Gasteiger charge is -2.35. The van der Waals surface area contributed by atoms with Crippen molar-refractivity contribution in [2.45, 2.75) is 78.1 Å². The molecule has 5 amide bonds. The summed E-state index contributed by atoms with van der Waals surface area (Å²) in [5.41, 5.74) is -2.30. The second kappa shape index (κ2) is 16.1. The third-order valence-corrected chi connectivity index (χ3v) is 6.86. The molecule has 15 nitrogen and oxygen atoms in total. The Morgan fingerprint density at radius 3 is 2.20 bits per heavy atom. The van der Waals surface area contributed by atoms with Gasteiger partial charge in [0.1, 0.15) is 11.2 Å². The maximum atomic E-state index is 13.6. The number of benzene rings is 2. The van der Waals surface area contributed by atoms with Crippen LogP contribution in [-0.2, 0) is 30.3 Å². The Morgan fingerprint density at radius 2 is 1.67 bits per heavy atom. The van der Waals surface area contributed by atoms with Crippen LogP contribution in [0, 0.1) is 11.3 Å². The molecule has 1 fully saturated rings. The van der Waals surface area contributed by atoms with Gasteiger partial charge in [0, 0.05) is 26.3 Å². The van der Waals surface area contributed by atoms with E-state index in [4.69, 9.17) is 14.2 Å². The van der Waals surface area contributed by atoms with Gasteiger partial charge in [0.2, 0.25) is 0 Å². The number of amides is 5. The van der Waals surface area contributed by atoms with E-state index in [1.54, 1.807) is 41.5 Å². The zero-order valence-electron chi connectivity index (χ0n) is 29.5. The molecule has 1 saturated heterocycles. The minimum absolute atomic E-state index is 0.00371. The number of morpholine rings is 1. The van der Waals surface area contributed by atoms with Crippen molar-refractivity contribution in [3.05, 3.63) is 53.1 Å². The van der Waals surface area contributed by atoms with Gasteiger partial charge in [0.05, 0.1) is 36.0 Å². The first-order valence-corrected chi connectivity index (χ1v) is 15.6. The number of aliphatic hydroxyl groups is 1. The highest BCUT2D eigenvalue weighted by Gasteiger charge is 2.41. The largest absolute Gasteiger partial charge is 0.443 e. The van der Waals surface area contributed by atoms with Crippen LogP contribution in [0.15, 0.2) is 36.4 Å². The lowest BCUT2D eigenvalue weighted by molar-refractivity contribution is -0.150. The zero-order chi connectivity index (χ0) is 38.4. The highest BCUT2D eigenvalue weighted by molar-refractivity contribution is 6.06. The number of anilines is 2. The van der Waals surface area contributed by atoms with Crippen molar-refractivity contribution in [1.29, 1.82) is 5.26 Å². The van der Waals surface area contributed by atoms with Gasteiger partial charge in [-0.05, 0) is 77.4 Å². The van der Waals surface area contributed by atoms with Crippen molar-refractivity contribution in [2.24, 2.45) is 0 Å². The molecule has 2 aromatic carbocycles. The summed E-state index contributed by atoms with van der Waals surface area (Å²) in [4.78, 5) is 68.3. The van der Waals surface area contributed by atoms with Crippen LogP contribution >= 0.6 is 0 Å². The molecule has 0 radical (unpaired) electrons. The molecular weight excluding hydrogens is 676 g/mol. The van der Waals surface area contributed by atoms with Crippen LogP contribution in [0.1, 0.15) is 63.0 Å². The lowest BCUT2D eigenvalue weighted by atomic mass is 10.1. The van der Waals surface area contributed by atoms with E-state index in [0.717, 1.165) is 9.80 Å². The molecule has 0 unspecified atom stereocenters. The Hall–Kier alpha value is -5.34. The number of imide groups is 1. The Balaban J connectivity index is 1.89. The molecule has 0 bridgehead atoms. The fourth-order valence-electron chi connectivity index (χ4n) is 4.70. The van der Waals surface area contributed by atoms with Gasteiger partial charge in [0.25, 0.3) is 17.7 Å². The van der Waals surface area contributed by atoms with Crippen molar-refractivity contribution >= 4 is 41.3 Å². The number of ether oxygens (including phenoxy) is 4. The number of carbonyl (C=O) groups is 5. The van der Waals surface area contributed by atoms with Crippen LogP contribution in [0.4, 0.5) is 29.7 Å². The van der Waals surface area contributed by atoms with Crippen molar-refractivity contribution < 1.29 is 56.8 Å². The van der Waals surface area contributed by atoms with Crippen molar-refractivity contribution in [3.8, 4) is 11.8 Å². The van der Waals surface area contributed by atoms with Crippen molar-refractivity contribution in [2.75, 3.05) is 37.5 Å². The fraction of sp³-hybridized carbons (Fsp3) is 0.471. The summed E-state index contributed by atoms with van der Waals surface area (Å²) < 4.78 is 47.7. The topological polar surface area (TPSA) is 188 Å². The minimum Gasteiger partial charge on any atom is -0.443 e. The first-order valence-electron chi connectivity index (χ1n) is 15.6. The fourth-order valence-corrected chi connectivity index (χ4v) is 4.70. The normalized spacial score (nSPS) is 15.4. The monoisotopic (exact) mass is 717 g/mol. The first kappa shape index (κ1) is 40.1. The number of nitrogens with one attached hydrogen (secondary N) is 1. The van der Waals surface area contributed by atoms with Gasteiger partial charge in [-0.25, -0.2) is 14.5 Å². The third kappa shape index (κ3) is 10.6. The molecule has 0 spiro atoms. The molecule has 17 heteroatoms. The number of rotatable bonds is 9. The van der Waals surface area contributed by atoms with Crippen molar-refractivity contribution in [1.82, 2.24) is 9.80 Å². The molecule has 0 saturated carbocycles. The molecular formula is C34H41F2N5O10. The number of aliphatic hydroxyl groups excluding tert-OH is 1. The second-order valence-corrected chi connectivity index (χ2v) is 13.5. The predicted octanol–water partition coefficient (Wildman–Crippen LogP) is 4.27. The molecule has 1 aliphatic rings. The number of alkyl halides is 2. The maximum Gasteiger partial charge on any atom is 0.420 e. The summed E-state index contributed by atoms with van der Waals surface area (Å²) >= 11 is 0. The number of hydrogen-bond acceptors (Lipinski definition) is 11. The molecule has 0 aromatic heterocycles. The van der Waals surface area contributed by atoms with E-state index < -0.39 is 72.2 Å². The van der Waals surface area contributed by atoms with Crippen LogP contribution in [0.2, 0.25) is 0 Å². The molecule has 2 atom stereocenters. The number of hydrogen-bond donors (Lipinski definition) is 2. The highest BCUT2D eigenvalue weighted by atomic mass is 19.3. The van der Waals surface area contributed by atoms with Gasteiger partial charge in [-0.1, -0.05) is 6.07 Å². The summed E-state index contributed by atoms with van der Waals surface area (Å²) in [7, 11) is 2.81. The predicted molar refractivity (Wildman–Crippen MR) is 177 cm³/mol. The standard InChI is InChI=1S/C34H41F2N5O10/c1-33(2,3)50-31(46)41(32(47)51-34(4,5)6)18-20-16-21(13-12-19(20)17-37)38-27(43)24(42)26-29(45)40(14-15-48-26)23-11-9-10-22(28(44)39(7)8)25(23)49-30(35)36/h9-13,16,24,26,30,42H,14-15,18H2,1-8H3,(H,38,43)/t24-,26-/m1/s1. The van der Waals surface area contributed by atoms with Crippen molar-refractivity contribution in [3.63, 3.8) is 0 Å². The van der Waals surface area contributed by atoms with E-state index in [-0.39, 0.29) is 41.2 Å². The van der Waals surface area contributed by atoms with E-state index in [1.165, 1.54) is 50.5 Å². The Bertz CT molecular complexity index is 1670. The van der Waals surface area contributed by atoms with Gasteiger partial charge >= 0.3 is 18.8 Å². The number of para-hydroxylation sites is 1. The smallest absolute Gasteiger partial charge is 0.420 e. The molecule has 3 rings (SSSR count). The summed E-state index contributed by atoms with van der Waals surface area (Å²) in [5.74, 6) is -3.35. The first-order chi connectivity index (χ1) is 23.6. The quantitative estimate of drug-likeness (QED) is 0.377. The zero-order valence-corrected chi connectivity index (χ0v) is 29.5. The molecule has 276 valence electrons. The number of halogens is 2. The lowest BCUT2D eigenvalue weighted by Crippen LogP contribution is -2.55. The third-order valence-electron chi connectivity index (χ3n) is 6.86. The molecule has 2 N–H and O–H groups in total. The van der Waals surface area contributed by atoms with E-state index in [9.17, 15) is 43.1 Å². The van der Waals surface area contributed by atoms with Gasteiger partial charge in [0.15, 0.2) is 18.0 Å². The average molecular weight is 718 g/mol. The Kier molecular flexibility index (Phi) is 12.7. The van der Waals surface area contributed by atoms with Gasteiger partial charge in [-0.3, -0.25) is 14.4 Å². The Labute approximate surface area is 293 Å². The molecule has 0 aliphatic carbocycles. The van der Waals surface area contributed by atoms with Gasteiger partial charge in [-0.2, -0.15) is 14.0 Å².